The van der Waals surface area contributed by atoms with Gasteiger partial charge in [0.25, 0.3) is 0 Å². The largest absolute Gasteiger partial charge is 0.481 e. The van der Waals surface area contributed by atoms with Crippen LogP contribution in [-0.2, 0) is 9.59 Å². The Morgan fingerprint density at radius 1 is 1.29 bits per heavy atom. The average Bonchev–Trinajstić information content (AvgIpc) is 2.73. The highest BCUT2D eigenvalue weighted by molar-refractivity contribution is 6.01. The lowest BCUT2D eigenvalue weighted by Crippen LogP contribution is -2.29. The summed E-state index contributed by atoms with van der Waals surface area (Å²) in [7, 11) is 0. The van der Waals surface area contributed by atoms with Gasteiger partial charge in [0.15, 0.2) is 0 Å². The van der Waals surface area contributed by atoms with E-state index in [1.807, 2.05) is 51.1 Å². The molecule has 3 heteroatoms. The molecule has 112 valence electrons. The van der Waals surface area contributed by atoms with E-state index >= 15 is 0 Å². The lowest BCUT2D eigenvalue weighted by atomic mass is 9.72. The maximum Gasteiger partial charge on any atom is 0.303 e. The molecule has 0 radical (unpaired) electrons. The summed E-state index contributed by atoms with van der Waals surface area (Å²) >= 11 is 0. The van der Waals surface area contributed by atoms with Gasteiger partial charge in [0.05, 0.1) is 0 Å². The van der Waals surface area contributed by atoms with Crippen molar-refractivity contribution in [3.05, 3.63) is 41.5 Å². The monoisotopic (exact) mass is 286 g/mol. The van der Waals surface area contributed by atoms with Crippen LogP contribution in [0.1, 0.15) is 45.6 Å². The summed E-state index contributed by atoms with van der Waals surface area (Å²) in [5, 5.41) is 8.88. The molecule has 0 saturated carbocycles. The number of Topliss-reactive ketones (excluding diaryl/α,β-unsaturated/α-hetero) is 1. The minimum Gasteiger partial charge on any atom is -0.481 e. The van der Waals surface area contributed by atoms with Crippen molar-refractivity contribution in [3.63, 3.8) is 0 Å². The SMILES string of the molecule is CC1=C(c2ccccc2)CC(=O)C1C(C)(C)CCC(=O)O. The van der Waals surface area contributed by atoms with Crippen molar-refractivity contribution in [2.45, 2.75) is 40.0 Å². The van der Waals surface area contributed by atoms with E-state index < -0.39 is 5.97 Å². The molecule has 0 heterocycles. The number of aliphatic carboxylic acids is 1. The second-order valence-electron chi connectivity index (χ2n) is 6.49. The molecule has 1 aliphatic carbocycles. The predicted octanol–water partition coefficient (Wildman–Crippen LogP) is 3.94. The van der Waals surface area contributed by atoms with Crippen LogP contribution in [0, 0.1) is 11.3 Å². The fraction of sp³-hybridized carbons (Fsp3) is 0.444. The summed E-state index contributed by atoms with van der Waals surface area (Å²) in [4.78, 5) is 23.3. The number of carboxylic acid groups (broad SMARTS) is 1. The highest BCUT2D eigenvalue weighted by atomic mass is 16.4. The van der Waals surface area contributed by atoms with E-state index in [0.717, 1.165) is 16.7 Å². The van der Waals surface area contributed by atoms with Gasteiger partial charge < -0.3 is 5.11 Å². The van der Waals surface area contributed by atoms with Crippen molar-refractivity contribution in [3.8, 4) is 0 Å². The Bertz CT molecular complexity index is 582. The summed E-state index contributed by atoms with van der Waals surface area (Å²) in [5.74, 6) is -0.771. The van der Waals surface area contributed by atoms with Gasteiger partial charge in [-0.25, -0.2) is 0 Å². The van der Waals surface area contributed by atoms with E-state index in [1.54, 1.807) is 0 Å². The molecule has 0 fully saturated rings. The van der Waals surface area contributed by atoms with Gasteiger partial charge >= 0.3 is 5.97 Å². The molecule has 0 spiro atoms. The normalized spacial score (nSPS) is 19.2. The molecule has 3 nitrogen and oxygen atoms in total. The second-order valence-corrected chi connectivity index (χ2v) is 6.49. The first-order chi connectivity index (χ1) is 9.83. The molecule has 1 aliphatic rings. The number of carbonyl (C=O) groups excluding carboxylic acids is 1. The Hall–Kier alpha value is -1.90. The fourth-order valence-electron chi connectivity index (χ4n) is 3.40. The van der Waals surface area contributed by atoms with Crippen LogP contribution in [0.4, 0.5) is 0 Å². The average molecular weight is 286 g/mol. The van der Waals surface area contributed by atoms with Crippen molar-refractivity contribution in [2.75, 3.05) is 0 Å². The number of benzene rings is 1. The fourth-order valence-corrected chi connectivity index (χ4v) is 3.40. The molecule has 0 saturated heterocycles. The van der Waals surface area contributed by atoms with Crippen LogP contribution in [0.15, 0.2) is 35.9 Å². The molecule has 0 amide bonds. The topological polar surface area (TPSA) is 54.4 Å². The molecule has 21 heavy (non-hydrogen) atoms. The van der Waals surface area contributed by atoms with Crippen molar-refractivity contribution >= 4 is 17.3 Å². The summed E-state index contributed by atoms with van der Waals surface area (Å²) < 4.78 is 0. The molecule has 0 bridgehead atoms. The van der Waals surface area contributed by atoms with Crippen LogP contribution in [0.25, 0.3) is 5.57 Å². The Morgan fingerprint density at radius 3 is 2.48 bits per heavy atom. The van der Waals surface area contributed by atoms with E-state index in [1.165, 1.54) is 0 Å². The highest BCUT2D eigenvalue weighted by Crippen LogP contribution is 2.46. The molecule has 1 aromatic rings. The minimum atomic E-state index is -0.807. The maximum atomic E-state index is 12.5. The van der Waals surface area contributed by atoms with Crippen LogP contribution < -0.4 is 0 Å². The minimum absolute atomic E-state index is 0.102. The van der Waals surface area contributed by atoms with Crippen LogP contribution in [0.2, 0.25) is 0 Å². The van der Waals surface area contributed by atoms with Crippen LogP contribution >= 0.6 is 0 Å². The molecule has 0 aromatic heterocycles. The molecular weight excluding hydrogens is 264 g/mol. The maximum absolute atomic E-state index is 12.5. The van der Waals surface area contributed by atoms with Gasteiger partial charge in [-0.3, -0.25) is 9.59 Å². The van der Waals surface area contributed by atoms with Gasteiger partial charge in [-0.2, -0.15) is 0 Å². The van der Waals surface area contributed by atoms with Crippen molar-refractivity contribution in [2.24, 2.45) is 11.3 Å². The Morgan fingerprint density at radius 2 is 1.90 bits per heavy atom. The number of carboxylic acids is 1. The van der Waals surface area contributed by atoms with Crippen LogP contribution in [0.3, 0.4) is 0 Å². The highest BCUT2D eigenvalue weighted by Gasteiger charge is 2.41. The Balaban J connectivity index is 2.30. The van der Waals surface area contributed by atoms with Crippen molar-refractivity contribution in [1.29, 1.82) is 0 Å². The zero-order valence-corrected chi connectivity index (χ0v) is 12.8. The third-order valence-electron chi connectivity index (χ3n) is 4.47. The molecule has 1 atom stereocenters. The van der Waals surface area contributed by atoms with Gasteiger partial charge in [-0.15, -0.1) is 0 Å². The number of carbonyl (C=O) groups is 2. The van der Waals surface area contributed by atoms with E-state index in [4.69, 9.17) is 5.11 Å². The van der Waals surface area contributed by atoms with Crippen molar-refractivity contribution in [1.82, 2.24) is 0 Å². The molecule has 2 rings (SSSR count). The lowest BCUT2D eigenvalue weighted by Gasteiger charge is -2.31. The van der Waals surface area contributed by atoms with Crippen LogP contribution in [0.5, 0.6) is 0 Å². The third-order valence-corrected chi connectivity index (χ3v) is 4.47. The molecule has 1 unspecified atom stereocenters. The van der Waals surface area contributed by atoms with Gasteiger partial charge in [-0.05, 0) is 29.9 Å². The standard InChI is InChI=1S/C18H22O3/c1-12-14(13-7-5-4-6-8-13)11-15(19)17(12)18(2,3)10-9-16(20)21/h4-8,17H,9-11H2,1-3H3,(H,20,21). The van der Waals surface area contributed by atoms with Gasteiger partial charge in [0, 0.05) is 18.8 Å². The predicted molar refractivity (Wildman–Crippen MR) is 82.8 cm³/mol. The van der Waals surface area contributed by atoms with Gasteiger partial charge in [0.2, 0.25) is 0 Å². The Kier molecular flexibility index (Phi) is 4.31. The zero-order chi connectivity index (χ0) is 15.6. The number of ketones is 1. The van der Waals surface area contributed by atoms with E-state index in [-0.39, 0.29) is 23.5 Å². The number of allylic oxidation sites excluding steroid dienone is 2. The summed E-state index contributed by atoms with van der Waals surface area (Å²) in [6.07, 6.45) is 1.07. The molecule has 0 aliphatic heterocycles. The van der Waals surface area contributed by atoms with E-state index in [0.29, 0.717) is 12.8 Å². The number of hydrogen-bond acceptors (Lipinski definition) is 2. The number of rotatable bonds is 5. The molecule has 1 N–H and O–H groups in total. The van der Waals surface area contributed by atoms with Crippen molar-refractivity contribution < 1.29 is 14.7 Å². The summed E-state index contributed by atoms with van der Waals surface area (Å²) in [6, 6.07) is 9.97. The Labute approximate surface area is 125 Å². The quantitative estimate of drug-likeness (QED) is 0.892. The molecular formula is C18H22O3. The zero-order valence-electron chi connectivity index (χ0n) is 12.8. The van der Waals surface area contributed by atoms with E-state index in [9.17, 15) is 9.59 Å². The number of hydrogen-bond donors (Lipinski definition) is 1. The smallest absolute Gasteiger partial charge is 0.303 e. The third kappa shape index (κ3) is 3.23. The van der Waals surface area contributed by atoms with Gasteiger partial charge in [-0.1, -0.05) is 49.8 Å². The first-order valence-corrected chi connectivity index (χ1v) is 7.32. The summed E-state index contributed by atoms with van der Waals surface area (Å²) in [5.41, 5.74) is 2.98. The van der Waals surface area contributed by atoms with Gasteiger partial charge in [0.1, 0.15) is 5.78 Å². The first-order valence-electron chi connectivity index (χ1n) is 7.32. The summed E-state index contributed by atoms with van der Waals surface area (Å²) in [6.45, 7) is 6.01. The first kappa shape index (κ1) is 15.5. The molecule has 1 aromatic carbocycles. The van der Waals surface area contributed by atoms with E-state index in [2.05, 4.69) is 0 Å². The van der Waals surface area contributed by atoms with Crippen LogP contribution in [-0.4, -0.2) is 16.9 Å². The lowest BCUT2D eigenvalue weighted by molar-refractivity contribution is -0.138. The second kappa shape index (κ2) is 5.84.